The molecule has 1 aliphatic heterocycles. The number of benzene rings is 3. The predicted molar refractivity (Wildman–Crippen MR) is 137 cm³/mol. The normalized spacial score (nSPS) is 15.0. The first-order valence-electron chi connectivity index (χ1n) is 12.0. The first kappa shape index (κ1) is 22.3. The molecule has 172 valence electrons. The van der Waals surface area contributed by atoms with E-state index in [2.05, 4.69) is 81.1 Å². The number of carbonyl (C=O) groups excluding carboxylic acids is 1. The van der Waals surface area contributed by atoms with Gasteiger partial charge in [0.2, 0.25) is 0 Å². The summed E-state index contributed by atoms with van der Waals surface area (Å²) in [6.45, 7) is 4.88. The van der Waals surface area contributed by atoms with Gasteiger partial charge in [0.25, 0.3) is 0 Å². The van der Waals surface area contributed by atoms with Gasteiger partial charge in [0.1, 0.15) is 0 Å². The van der Waals surface area contributed by atoms with E-state index >= 15 is 0 Å². The van der Waals surface area contributed by atoms with E-state index in [1.54, 1.807) is 0 Å². The van der Waals surface area contributed by atoms with Crippen LogP contribution >= 0.6 is 0 Å². The number of ketones is 1. The van der Waals surface area contributed by atoms with Crippen LogP contribution in [0, 0.1) is 0 Å². The van der Waals surface area contributed by atoms with E-state index in [0.717, 1.165) is 43.9 Å². The minimum absolute atomic E-state index is 0.0841. The number of aromatic nitrogens is 1. The molecule has 0 N–H and O–H groups in total. The van der Waals surface area contributed by atoms with Crippen LogP contribution < -0.4 is 0 Å². The Hall–Kier alpha value is -3.47. The topological polar surface area (TPSA) is 28.5 Å². The molecule has 4 aromatic rings. The quantitative estimate of drug-likeness (QED) is 0.365. The smallest absolute Gasteiger partial charge is 0.194 e. The van der Waals surface area contributed by atoms with Crippen LogP contribution in [-0.2, 0) is 13.6 Å². The van der Waals surface area contributed by atoms with E-state index in [-0.39, 0.29) is 11.8 Å². The number of carbonyl (C=O) groups is 1. The number of rotatable bonds is 7. The van der Waals surface area contributed by atoms with Gasteiger partial charge in [-0.25, -0.2) is 0 Å². The molecule has 0 atom stereocenters. The second-order valence-electron chi connectivity index (χ2n) is 9.06. The molecular weight excluding hydrogens is 418 g/mol. The fourth-order valence-electron chi connectivity index (χ4n) is 4.94. The summed E-state index contributed by atoms with van der Waals surface area (Å²) >= 11 is 0. The summed E-state index contributed by atoms with van der Waals surface area (Å²) in [7, 11) is 2.04. The molecule has 1 aromatic heterocycles. The third-order valence-corrected chi connectivity index (χ3v) is 6.79. The highest BCUT2D eigenvalue weighted by molar-refractivity contribution is 6.09. The zero-order chi connectivity index (χ0) is 23.3. The Balaban J connectivity index is 1.26. The Morgan fingerprint density at radius 3 is 1.82 bits per heavy atom. The molecule has 0 saturated carbocycles. The lowest BCUT2D eigenvalue weighted by Gasteiger charge is -2.39. The monoisotopic (exact) mass is 449 g/mol. The third kappa shape index (κ3) is 4.89. The summed E-state index contributed by atoms with van der Waals surface area (Å²) in [6.07, 6.45) is 1.96. The van der Waals surface area contributed by atoms with Crippen LogP contribution in [0.2, 0.25) is 0 Å². The van der Waals surface area contributed by atoms with Crippen molar-refractivity contribution in [2.24, 2.45) is 7.05 Å². The van der Waals surface area contributed by atoms with Crippen molar-refractivity contribution in [2.45, 2.75) is 12.6 Å². The van der Waals surface area contributed by atoms with Crippen LogP contribution in [0.5, 0.6) is 0 Å². The van der Waals surface area contributed by atoms with E-state index < -0.39 is 0 Å². The van der Waals surface area contributed by atoms with Crippen LogP contribution in [0.1, 0.15) is 38.8 Å². The SMILES string of the molecule is Cn1cc(C(=O)c2ccccc2)cc1CN1CCN(C(c2ccccc2)c2ccccc2)CC1. The van der Waals surface area contributed by atoms with Gasteiger partial charge in [-0.15, -0.1) is 0 Å². The zero-order valence-electron chi connectivity index (χ0n) is 19.7. The molecule has 3 aromatic carbocycles. The van der Waals surface area contributed by atoms with Gasteiger partial charge < -0.3 is 4.57 Å². The average molecular weight is 450 g/mol. The predicted octanol–water partition coefficient (Wildman–Crippen LogP) is 5.16. The van der Waals surface area contributed by atoms with Gasteiger partial charge in [-0.3, -0.25) is 14.6 Å². The second-order valence-corrected chi connectivity index (χ2v) is 9.06. The fourth-order valence-corrected chi connectivity index (χ4v) is 4.94. The van der Waals surface area contributed by atoms with Crippen molar-refractivity contribution >= 4 is 5.78 Å². The third-order valence-electron chi connectivity index (χ3n) is 6.79. The summed E-state index contributed by atoms with van der Waals surface area (Å²) in [6, 6.07) is 33.5. The lowest BCUT2D eigenvalue weighted by molar-refractivity contribution is 0.103. The van der Waals surface area contributed by atoms with E-state index in [1.165, 1.54) is 16.8 Å². The van der Waals surface area contributed by atoms with Crippen molar-refractivity contribution in [3.8, 4) is 0 Å². The molecule has 0 spiro atoms. The Morgan fingerprint density at radius 1 is 0.735 bits per heavy atom. The summed E-state index contributed by atoms with van der Waals surface area (Å²) in [5.41, 5.74) is 5.36. The maximum Gasteiger partial charge on any atom is 0.194 e. The van der Waals surface area contributed by atoms with Gasteiger partial charge in [-0.05, 0) is 17.2 Å². The van der Waals surface area contributed by atoms with E-state index in [0.29, 0.717) is 0 Å². The summed E-state index contributed by atoms with van der Waals surface area (Å²) in [5, 5.41) is 0. The molecule has 0 radical (unpaired) electrons. The molecule has 0 aliphatic carbocycles. The highest BCUT2D eigenvalue weighted by atomic mass is 16.1. The summed E-state index contributed by atoms with van der Waals surface area (Å²) < 4.78 is 2.10. The van der Waals surface area contributed by atoms with Crippen molar-refractivity contribution in [3.63, 3.8) is 0 Å². The Kier molecular flexibility index (Phi) is 6.70. The molecule has 0 amide bonds. The minimum Gasteiger partial charge on any atom is -0.353 e. The standard InChI is InChI=1S/C30H31N3O/c1-31-22-27(30(34)26-15-9-4-10-16-26)21-28(31)23-32-17-19-33(20-18-32)29(24-11-5-2-6-12-24)25-13-7-3-8-14-25/h2-16,21-22,29H,17-20,23H2,1H3. The van der Waals surface area contributed by atoms with Crippen LogP contribution in [0.25, 0.3) is 0 Å². The van der Waals surface area contributed by atoms with E-state index in [9.17, 15) is 4.79 Å². The Labute approximate surface area is 202 Å². The van der Waals surface area contributed by atoms with Crippen LogP contribution in [0.15, 0.2) is 103 Å². The molecule has 0 unspecified atom stereocenters. The molecule has 1 aliphatic rings. The highest BCUT2D eigenvalue weighted by Crippen LogP contribution is 2.29. The average Bonchev–Trinajstić information content (AvgIpc) is 3.26. The van der Waals surface area contributed by atoms with E-state index in [1.807, 2.05) is 43.6 Å². The number of hydrogen-bond donors (Lipinski definition) is 0. The molecule has 34 heavy (non-hydrogen) atoms. The largest absolute Gasteiger partial charge is 0.353 e. The molecule has 4 heteroatoms. The van der Waals surface area contributed by atoms with Gasteiger partial charge in [-0.1, -0.05) is 91.0 Å². The van der Waals surface area contributed by atoms with Gasteiger partial charge in [0, 0.05) is 62.8 Å². The first-order valence-corrected chi connectivity index (χ1v) is 12.0. The Morgan fingerprint density at radius 2 is 1.26 bits per heavy atom. The molecule has 1 saturated heterocycles. The van der Waals surface area contributed by atoms with Gasteiger partial charge in [-0.2, -0.15) is 0 Å². The van der Waals surface area contributed by atoms with Crippen LogP contribution in [0.4, 0.5) is 0 Å². The maximum absolute atomic E-state index is 12.9. The number of piperazine rings is 1. The molecule has 1 fully saturated rings. The molecule has 0 bridgehead atoms. The zero-order valence-corrected chi connectivity index (χ0v) is 19.7. The van der Waals surface area contributed by atoms with Gasteiger partial charge in [0.05, 0.1) is 6.04 Å². The maximum atomic E-state index is 12.9. The fraction of sp³-hybridized carbons (Fsp3) is 0.233. The summed E-state index contributed by atoms with van der Waals surface area (Å²) in [5.74, 6) is 0.0841. The Bertz CT molecular complexity index is 1170. The second kappa shape index (κ2) is 10.2. The molecule has 5 rings (SSSR count). The highest BCUT2D eigenvalue weighted by Gasteiger charge is 2.26. The number of aryl methyl sites for hydroxylation is 1. The van der Waals surface area contributed by atoms with Crippen molar-refractivity contribution in [1.29, 1.82) is 0 Å². The molecule has 2 heterocycles. The van der Waals surface area contributed by atoms with Gasteiger partial charge >= 0.3 is 0 Å². The van der Waals surface area contributed by atoms with Crippen molar-refractivity contribution < 1.29 is 4.79 Å². The van der Waals surface area contributed by atoms with Crippen molar-refractivity contribution in [1.82, 2.24) is 14.4 Å². The van der Waals surface area contributed by atoms with Gasteiger partial charge in [0.15, 0.2) is 5.78 Å². The lowest BCUT2D eigenvalue weighted by atomic mass is 9.96. The first-order chi connectivity index (χ1) is 16.7. The minimum atomic E-state index is 0.0841. The molecular formula is C30H31N3O. The van der Waals surface area contributed by atoms with E-state index in [4.69, 9.17) is 0 Å². The number of hydrogen-bond acceptors (Lipinski definition) is 3. The number of nitrogens with zero attached hydrogens (tertiary/aromatic N) is 3. The lowest BCUT2D eigenvalue weighted by Crippen LogP contribution is -2.47. The van der Waals surface area contributed by atoms with Crippen LogP contribution in [0.3, 0.4) is 0 Å². The van der Waals surface area contributed by atoms with Crippen molar-refractivity contribution in [3.05, 3.63) is 131 Å². The molecule has 4 nitrogen and oxygen atoms in total. The van der Waals surface area contributed by atoms with Crippen molar-refractivity contribution in [2.75, 3.05) is 26.2 Å². The summed E-state index contributed by atoms with van der Waals surface area (Å²) in [4.78, 5) is 17.9. The van der Waals surface area contributed by atoms with Crippen LogP contribution in [-0.4, -0.2) is 46.3 Å².